The van der Waals surface area contributed by atoms with Gasteiger partial charge < -0.3 is 4.57 Å². The van der Waals surface area contributed by atoms with Gasteiger partial charge >= 0.3 is 0 Å². The average Bonchev–Trinajstić information content (AvgIpc) is 1.77. The van der Waals surface area contributed by atoms with Crippen molar-refractivity contribution in [2.45, 2.75) is 0 Å². The molecule has 0 aliphatic heterocycles. The maximum absolute atomic E-state index is 5.68. The molecule has 90 heavy (non-hydrogen) atoms. The Labute approximate surface area is 526 Å². The summed E-state index contributed by atoms with van der Waals surface area (Å²) in [4.78, 5) is 16.9. The Bertz CT molecular complexity index is 6180. The van der Waals surface area contributed by atoms with Crippen molar-refractivity contribution in [3.05, 3.63) is 279 Å². The summed E-state index contributed by atoms with van der Waals surface area (Å²) < 4.78 is 14.7. The molecule has 0 N–H and O–H groups in total. The van der Waals surface area contributed by atoms with Gasteiger partial charge in [0.1, 0.15) is 0 Å². The first-order valence-corrected chi connectivity index (χ1v) is 32.7. The lowest BCUT2D eigenvalue weighted by Crippen LogP contribution is -2.10. The van der Waals surface area contributed by atoms with E-state index in [2.05, 4.69) is 293 Å². The molecule has 418 valence electrons. The van der Waals surface area contributed by atoms with Crippen LogP contribution in [0.3, 0.4) is 0 Å². The molecule has 7 aromatic heterocycles. The van der Waals surface area contributed by atoms with Crippen LogP contribution in [0, 0.1) is 0 Å². The van der Waals surface area contributed by atoms with Crippen LogP contribution in [0.1, 0.15) is 0 Å². The molecule has 20 rings (SSSR count). The van der Waals surface area contributed by atoms with Gasteiger partial charge in [0.2, 0.25) is 11.9 Å². The molecular weight excluding hydrogens is 1150 g/mol. The standard InChI is InChI=1S/C81H46N6S3/c1-7-19-67-55(13-1)58-35-27-51(48-30-38-76-64(41-48)61-16-4-10-22-73(61)88-76)44-70(58)85(67)54-33-25-47(26-34-54)79-82-80(86-68-20-8-2-14-56(68)59-36-28-52(45-71(59)86)49-31-39-77-65(42-49)62-17-5-11-23-74(62)89-77)84-81(83-79)87-69-21-9-3-15-57(69)60-37-29-53(46-72(60)87)50-32-40-78-66(43-50)63-18-6-12-24-75(63)90-78/h1-46H. The molecule has 13 aromatic carbocycles. The number of aromatic nitrogens is 6. The zero-order valence-corrected chi connectivity index (χ0v) is 50.4. The van der Waals surface area contributed by atoms with Crippen LogP contribution in [-0.4, -0.2) is 28.7 Å². The third-order valence-corrected chi connectivity index (χ3v) is 22.0. The third-order valence-electron chi connectivity index (χ3n) is 18.5. The second-order valence-electron chi connectivity index (χ2n) is 23.5. The van der Waals surface area contributed by atoms with Gasteiger partial charge in [-0.05, 0) is 149 Å². The van der Waals surface area contributed by atoms with Gasteiger partial charge in [0.25, 0.3) is 0 Å². The van der Waals surface area contributed by atoms with Crippen LogP contribution in [-0.2, 0) is 0 Å². The summed E-state index contributed by atoms with van der Waals surface area (Å²) in [6.45, 7) is 0. The Morgan fingerprint density at radius 2 is 0.489 bits per heavy atom. The monoisotopic (exact) mass is 1200 g/mol. The van der Waals surface area contributed by atoms with Crippen LogP contribution >= 0.6 is 34.0 Å². The SMILES string of the molecule is c1ccc2c(c1)sc1ccc(-c3ccc4c5ccccc5n(-c5ccc(-c6nc(-n7c8ccccc8c8ccc(-c9ccc%10sc%11ccccc%11c%10c9)cc87)nc(-n7c8ccccc8c8ccc(-c9ccc%10sc%11ccccc%11c%10c9)cc87)n6)cc5)c4c3)cc12. The second kappa shape index (κ2) is 19.2. The van der Waals surface area contributed by atoms with Crippen LogP contribution in [0.5, 0.6) is 0 Å². The molecule has 0 unspecified atom stereocenters. The summed E-state index contributed by atoms with van der Waals surface area (Å²) in [6.07, 6.45) is 0. The molecule has 0 amide bonds. The molecule has 20 aromatic rings. The van der Waals surface area contributed by atoms with E-state index in [0.717, 1.165) is 88.1 Å². The molecule has 0 atom stereocenters. The number of hydrogen-bond acceptors (Lipinski definition) is 6. The van der Waals surface area contributed by atoms with Crippen molar-refractivity contribution in [2.75, 3.05) is 0 Å². The van der Waals surface area contributed by atoms with Crippen LogP contribution in [0.25, 0.3) is 188 Å². The van der Waals surface area contributed by atoms with Crippen LogP contribution < -0.4 is 0 Å². The lowest BCUT2D eigenvalue weighted by Gasteiger charge is -2.14. The van der Waals surface area contributed by atoms with Crippen molar-refractivity contribution in [1.82, 2.24) is 28.7 Å². The molecule has 0 radical (unpaired) electrons. The Kier molecular flexibility index (Phi) is 10.7. The largest absolute Gasteiger partial charge is 0.309 e. The van der Waals surface area contributed by atoms with E-state index >= 15 is 0 Å². The van der Waals surface area contributed by atoms with Crippen molar-refractivity contribution in [3.63, 3.8) is 0 Å². The van der Waals surface area contributed by atoms with Crippen molar-refractivity contribution < 1.29 is 0 Å². The second-order valence-corrected chi connectivity index (χ2v) is 26.7. The fraction of sp³-hybridized carbons (Fsp3) is 0. The third kappa shape index (κ3) is 7.52. The van der Waals surface area contributed by atoms with Gasteiger partial charge in [-0.25, -0.2) is 0 Å². The highest BCUT2D eigenvalue weighted by molar-refractivity contribution is 7.26. The van der Waals surface area contributed by atoms with Crippen LogP contribution in [0.4, 0.5) is 0 Å². The average molecular weight is 1200 g/mol. The maximum Gasteiger partial charge on any atom is 0.240 e. The summed E-state index contributed by atoms with van der Waals surface area (Å²) in [5, 5.41) is 14.6. The smallest absolute Gasteiger partial charge is 0.240 e. The van der Waals surface area contributed by atoms with Gasteiger partial charge in [-0.15, -0.1) is 34.0 Å². The van der Waals surface area contributed by atoms with E-state index < -0.39 is 0 Å². The van der Waals surface area contributed by atoms with E-state index in [1.807, 2.05) is 34.0 Å². The molecule has 6 nitrogen and oxygen atoms in total. The highest BCUT2D eigenvalue weighted by atomic mass is 32.1. The quantitative estimate of drug-likeness (QED) is 0.160. The van der Waals surface area contributed by atoms with E-state index in [0.29, 0.717) is 17.7 Å². The predicted molar refractivity (Wildman–Crippen MR) is 383 cm³/mol. The first kappa shape index (κ1) is 50.0. The number of nitrogens with zero attached hydrogens (tertiary/aromatic N) is 6. The Morgan fingerprint density at radius 1 is 0.200 bits per heavy atom. The van der Waals surface area contributed by atoms with Gasteiger partial charge in [0, 0.05) is 104 Å². The molecule has 0 bridgehead atoms. The van der Waals surface area contributed by atoms with E-state index in [9.17, 15) is 0 Å². The van der Waals surface area contributed by atoms with Gasteiger partial charge in [-0.1, -0.05) is 164 Å². The summed E-state index contributed by atoms with van der Waals surface area (Å²) in [5.41, 5.74) is 15.2. The van der Waals surface area contributed by atoms with Crippen LogP contribution in [0.15, 0.2) is 279 Å². The number of para-hydroxylation sites is 3. The van der Waals surface area contributed by atoms with Gasteiger partial charge in [-0.2, -0.15) is 15.0 Å². The molecular formula is C81H46N6S3. The normalized spacial score (nSPS) is 12.2. The highest BCUT2D eigenvalue weighted by Crippen LogP contribution is 2.44. The molecule has 0 spiro atoms. The van der Waals surface area contributed by atoms with Crippen molar-refractivity contribution in [2.24, 2.45) is 0 Å². The number of benzene rings is 13. The molecule has 0 aliphatic carbocycles. The zero-order chi connectivity index (χ0) is 58.7. The lowest BCUT2D eigenvalue weighted by molar-refractivity contribution is 0.893. The first-order chi connectivity index (χ1) is 44.6. The summed E-state index contributed by atoms with van der Waals surface area (Å²) in [7, 11) is 0. The number of hydrogen-bond donors (Lipinski definition) is 0. The lowest BCUT2D eigenvalue weighted by atomic mass is 10.0. The molecule has 0 saturated carbocycles. The van der Waals surface area contributed by atoms with Crippen molar-refractivity contribution >= 4 is 160 Å². The minimum atomic E-state index is 0.530. The summed E-state index contributed by atoms with van der Waals surface area (Å²) in [6, 6.07) is 102. The Morgan fingerprint density at radius 3 is 0.889 bits per heavy atom. The molecule has 0 aliphatic rings. The molecule has 0 saturated heterocycles. The fourth-order valence-corrected chi connectivity index (χ4v) is 17.6. The van der Waals surface area contributed by atoms with E-state index in [4.69, 9.17) is 15.0 Å². The number of rotatable bonds is 7. The number of thiophene rings is 3. The topological polar surface area (TPSA) is 53.5 Å². The van der Waals surface area contributed by atoms with Gasteiger partial charge in [-0.3, -0.25) is 9.13 Å². The van der Waals surface area contributed by atoms with Crippen molar-refractivity contribution in [1.29, 1.82) is 0 Å². The van der Waals surface area contributed by atoms with Crippen LogP contribution in [0.2, 0.25) is 0 Å². The molecule has 7 heterocycles. The predicted octanol–water partition coefficient (Wildman–Crippen LogP) is 22.9. The fourth-order valence-electron chi connectivity index (χ4n) is 14.3. The van der Waals surface area contributed by atoms with Gasteiger partial charge in [0.15, 0.2) is 5.82 Å². The van der Waals surface area contributed by atoms with Gasteiger partial charge in [0.05, 0.1) is 33.1 Å². The summed E-state index contributed by atoms with van der Waals surface area (Å²) in [5.74, 6) is 1.63. The van der Waals surface area contributed by atoms with Crippen molar-refractivity contribution in [3.8, 4) is 62.4 Å². The summed E-state index contributed by atoms with van der Waals surface area (Å²) >= 11 is 5.54. The minimum absolute atomic E-state index is 0.530. The molecule has 0 fully saturated rings. The van der Waals surface area contributed by atoms with E-state index in [-0.39, 0.29) is 0 Å². The zero-order valence-electron chi connectivity index (χ0n) is 48.0. The van der Waals surface area contributed by atoms with E-state index in [1.54, 1.807) is 0 Å². The number of fused-ring (bicyclic) bond motifs is 18. The maximum atomic E-state index is 5.68. The minimum Gasteiger partial charge on any atom is -0.309 e. The first-order valence-electron chi connectivity index (χ1n) is 30.3. The molecule has 9 heteroatoms. The highest BCUT2D eigenvalue weighted by Gasteiger charge is 2.23. The van der Waals surface area contributed by atoms with E-state index in [1.165, 1.54) is 82.4 Å². The Hall–Kier alpha value is -11.1. The Balaban J connectivity index is 0.790.